The van der Waals surface area contributed by atoms with Gasteiger partial charge in [0.2, 0.25) is 0 Å². The fourth-order valence-electron chi connectivity index (χ4n) is 1.97. The molecule has 0 radical (unpaired) electrons. The molecule has 23 heavy (non-hydrogen) atoms. The topological polar surface area (TPSA) is 80.3 Å². The highest BCUT2D eigenvalue weighted by atomic mass is 16.5. The molecule has 2 N–H and O–H groups in total. The number of carbonyl (C=O) groups is 2. The quantitative estimate of drug-likeness (QED) is 0.606. The molecule has 2 aromatic rings. The van der Waals surface area contributed by atoms with E-state index in [4.69, 9.17) is 4.74 Å². The van der Waals surface area contributed by atoms with Crippen LogP contribution in [-0.4, -0.2) is 36.9 Å². The zero-order valence-corrected chi connectivity index (χ0v) is 13.1. The lowest BCUT2D eigenvalue weighted by molar-refractivity contribution is 0.0936. The Labute approximate surface area is 134 Å². The van der Waals surface area contributed by atoms with Crippen LogP contribution in [0.1, 0.15) is 27.6 Å². The molecule has 1 heterocycles. The van der Waals surface area contributed by atoms with Gasteiger partial charge in [-0.1, -0.05) is 12.1 Å². The minimum absolute atomic E-state index is 0.00659. The SMILES string of the molecule is COCCNC(=O)c1ccnc(Nc2cccc(C(C)=O)c2)c1. The summed E-state index contributed by atoms with van der Waals surface area (Å²) in [6, 6.07) is 10.4. The summed E-state index contributed by atoms with van der Waals surface area (Å²) < 4.78 is 4.89. The van der Waals surface area contributed by atoms with E-state index in [0.717, 1.165) is 5.69 Å². The predicted octanol–water partition coefficient (Wildman–Crippen LogP) is 2.40. The molecule has 1 aromatic carbocycles. The van der Waals surface area contributed by atoms with Crippen LogP contribution < -0.4 is 10.6 Å². The zero-order chi connectivity index (χ0) is 16.7. The van der Waals surface area contributed by atoms with Gasteiger partial charge in [-0.15, -0.1) is 0 Å². The molecule has 0 aliphatic rings. The number of anilines is 2. The summed E-state index contributed by atoms with van der Waals surface area (Å²) in [5.74, 6) is 0.336. The number of Topliss-reactive ketones (excluding diaryl/α,β-unsaturated/α-hetero) is 1. The molecule has 0 aliphatic carbocycles. The number of pyridine rings is 1. The van der Waals surface area contributed by atoms with Crippen molar-refractivity contribution in [2.75, 3.05) is 25.6 Å². The lowest BCUT2D eigenvalue weighted by atomic mass is 10.1. The number of ketones is 1. The average Bonchev–Trinajstić information content (AvgIpc) is 2.55. The number of rotatable bonds is 7. The van der Waals surface area contributed by atoms with E-state index >= 15 is 0 Å². The number of amides is 1. The van der Waals surface area contributed by atoms with Gasteiger partial charge in [0.25, 0.3) is 5.91 Å². The summed E-state index contributed by atoms with van der Waals surface area (Å²) in [6.45, 7) is 2.42. The van der Waals surface area contributed by atoms with Crippen LogP contribution in [0.3, 0.4) is 0 Å². The van der Waals surface area contributed by atoms with Crippen molar-refractivity contribution < 1.29 is 14.3 Å². The van der Waals surface area contributed by atoms with Crippen molar-refractivity contribution >= 4 is 23.2 Å². The number of nitrogens with zero attached hydrogens (tertiary/aromatic N) is 1. The minimum atomic E-state index is -0.190. The molecule has 0 atom stereocenters. The van der Waals surface area contributed by atoms with Gasteiger partial charge in [-0.3, -0.25) is 9.59 Å². The maximum atomic E-state index is 12.0. The van der Waals surface area contributed by atoms with E-state index in [1.807, 2.05) is 6.07 Å². The smallest absolute Gasteiger partial charge is 0.251 e. The molecule has 1 aromatic heterocycles. The molecule has 2 rings (SSSR count). The summed E-state index contributed by atoms with van der Waals surface area (Å²) in [5, 5.41) is 5.84. The Hall–Kier alpha value is -2.73. The van der Waals surface area contributed by atoms with Gasteiger partial charge in [-0.25, -0.2) is 4.98 Å². The monoisotopic (exact) mass is 313 g/mol. The van der Waals surface area contributed by atoms with Crippen LogP contribution in [0.25, 0.3) is 0 Å². The van der Waals surface area contributed by atoms with Gasteiger partial charge in [-0.05, 0) is 31.2 Å². The van der Waals surface area contributed by atoms with Gasteiger partial charge in [0, 0.05) is 36.7 Å². The van der Waals surface area contributed by atoms with Crippen molar-refractivity contribution in [3.8, 4) is 0 Å². The summed E-state index contributed by atoms with van der Waals surface area (Å²) in [4.78, 5) is 27.6. The molecule has 0 aliphatic heterocycles. The second kappa shape index (κ2) is 8.05. The zero-order valence-electron chi connectivity index (χ0n) is 13.1. The first-order valence-corrected chi connectivity index (χ1v) is 7.21. The normalized spacial score (nSPS) is 10.2. The first-order chi connectivity index (χ1) is 11.1. The number of carbonyl (C=O) groups excluding carboxylic acids is 2. The minimum Gasteiger partial charge on any atom is -0.383 e. The Morgan fingerprint density at radius 3 is 2.74 bits per heavy atom. The van der Waals surface area contributed by atoms with Gasteiger partial charge < -0.3 is 15.4 Å². The number of nitrogens with one attached hydrogen (secondary N) is 2. The number of hydrogen-bond donors (Lipinski definition) is 2. The maximum Gasteiger partial charge on any atom is 0.251 e. The first kappa shape index (κ1) is 16.6. The van der Waals surface area contributed by atoms with Crippen molar-refractivity contribution in [2.45, 2.75) is 6.92 Å². The Kier molecular flexibility index (Phi) is 5.82. The fourth-order valence-corrected chi connectivity index (χ4v) is 1.97. The van der Waals surface area contributed by atoms with Crippen LogP contribution in [0.5, 0.6) is 0 Å². The van der Waals surface area contributed by atoms with Crippen molar-refractivity contribution in [2.24, 2.45) is 0 Å². The third kappa shape index (κ3) is 4.89. The number of ether oxygens (including phenoxy) is 1. The van der Waals surface area contributed by atoms with Crippen molar-refractivity contribution in [3.05, 3.63) is 53.7 Å². The first-order valence-electron chi connectivity index (χ1n) is 7.21. The van der Waals surface area contributed by atoms with Crippen LogP contribution in [0, 0.1) is 0 Å². The van der Waals surface area contributed by atoms with Gasteiger partial charge in [-0.2, -0.15) is 0 Å². The molecule has 6 nitrogen and oxygen atoms in total. The van der Waals surface area contributed by atoms with E-state index < -0.39 is 0 Å². The lowest BCUT2D eigenvalue weighted by Crippen LogP contribution is -2.26. The predicted molar refractivity (Wildman–Crippen MR) is 88.2 cm³/mol. The highest BCUT2D eigenvalue weighted by molar-refractivity contribution is 5.96. The molecule has 0 saturated heterocycles. The molecule has 0 saturated carbocycles. The largest absolute Gasteiger partial charge is 0.383 e. The van der Waals surface area contributed by atoms with E-state index in [2.05, 4.69) is 15.6 Å². The van der Waals surface area contributed by atoms with E-state index in [9.17, 15) is 9.59 Å². The Morgan fingerprint density at radius 1 is 1.17 bits per heavy atom. The molecule has 1 amide bonds. The molecular weight excluding hydrogens is 294 g/mol. The second-order valence-corrected chi connectivity index (χ2v) is 4.94. The number of methoxy groups -OCH3 is 1. The highest BCUT2D eigenvalue weighted by Gasteiger charge is 2.07. The molecule has 0 fully saturated rings. The maximum absolute atomic E-state index is 12.0. The Balaban J connectivity index is 2.09. The fraction of sp³-hybridized carbons (Fsp3) is 0.235. The second-order valence-electron chi connectivity index (χ2n) is 4.94. The van der Waals surface area contributed by atoms with Crippen LogP contribution in [-0.2, 0) is 4.74 Å². The van der Waals surface area contributed by atoms with Crippen LogP contribution in [0.2, 0.25) is 0 Å². The van der Waals surface area contributed by atoms with Crippen LogP contribution >= 0.6 is 0 Å². The molecule has 0 bridgehead atoms. The Bertz CT molecular complexity index is 701. The third-order valence-corrected chi connectivity index (χ3v) is 3.16. The standard InChI is InChI=1S/C17H19N3O3/c1-12(21)13-4-3-5-15(10-13)20-16-11-14(6-7-18-16)17(22)19-8-9-23-2/h3-7,10-11H,8-9H2,1-2H3,(H,18,20)(H,19,22). The van der Waals surface area contributed by atoms with Crippen molar-refractivity contribution in [1.82, 2.24) is 10.3 Å². The summed E-state index contributed by atoms with van der Waals surface area (Å²) >= 11 is 0. The van der Waals surface area contributed by atoms with Crippen LogP contribution in [0.15, 0.2) is 42.6 Å². The van der Waals surface area contributed by atoms with E-state index in [1.54, 1.807) is 43.6 Å². The van der Waals surface area contributed by atoms with Crippen molar-refractivity contribution in [1.29, 1.82) is 0 Å². The number of aromatic nitrogens is 1. The molecular formula is C17H19N3O3. The van der Waals surface area contributed by atoms with E-state index in [0.29, 0.717) is 30.1 Å². The van der Waals surface area contributed by atoms with Crippen LogP contribution in [0.4, 0.5) is 11.5 Å². The molecule has 120 valence electrons. The van der Waals surface area contributed by atoms with Gasteiger partial charge in [0.1, 0.15) is 5.82 Å². The summed E-state index contributed by atoms with van der Waals surface area (Å²) in [7, 11) is 1.58. The van der Waals surface area contributed by atoms with Gasteiger partial charge in [0.15, 0.2) is 5.78 Å². The third-order valence-electron chi connectivity index (χ3n) is 3.16. The number of hydrogen-bond acceptors (Lipinski definition) is 5. The highest BCUT2D eigenvalue weighted by Crippen LogP contribution is 2.17. The summed E-state index contributed by atoms with van der Waals surface area (Å²) in [5.41, 5.74) is 1.85. The molecule has 0 spiro atoms. The van der Waals surface area contributed by atoms with Gasteiger partial charge >= 0.3 is 0 Å². The lowest BCUT2D eigenvalue weighted by Gasteiger charge is -2.09. The Morgan fingerprint density at radius 2 is 2.00 bits per heavy atom. The number of benzene rings is 1. The average molecular weight is 313 g/mol. The van der Waals surface area contributed by atoms with E-state index in [-0.39, 0.29) is 11.7 Å². The summed E-state index contributed by atoms with van der Waals surface area (Å²) in [6.07, 6.45) is 1.56. The van der Waals surface area contributed by atoms with Gasteiger partial charge in [0.05, 0.1) is 6.61 Å². The van der Waals surface area contributed by atoms with E-state index in [1.165, 1.54) is 6.92 Å². The molecule has 0 unspecified atom stereocenters. The molecule has 6 heteroatoms. The van der Waals surface area contributed by atoms with Crippen molar-refractivity contribution in [3.63, 3.8) is 0 Å².